The van der Waals surface area contributed by atoms with Gasteiger partial charge in [-0.3, -0.25) is 0 Å². The molecule has 1 fully saturated rings. The average Bonchev–Trinajstić information content (AvgIpc) is 3.79. The van der Waals surface area contributed by atoms with Crippen LogP contribution in [0.3, 0.4) is 0 Å². The van der Waals surface area contributed by atoms with Crippen molar-refractivity contribution in [2.24, 2.45) is 0 Å². The normalized spacial score (nSPS) is 22.6. The standard InChI is InChI=1S/C50H49N2/c1-49(35-38-16-6-4-7-17-38)45(51(2)43-30-28-39-20-8-10-22-41(39)47(43)49)24-14-18-36-26-27-37(34-36)19-15-25-46-50(32-12-5-13-33-50)48-42-23-11-9-21-40(42)29-31-44(48)52(46)3/h4,6-11,14-25,28-31,34H,5,12-13,26-27,32-33,35H2,1-3H3/q+1. The predicted molar refractivity (Wildman–Crippen MR) is 221 cm³/mol. The molecular weight excluding hydrogens is 629 g/mol. The Balaban J connectivity index is 0.994. The van der Waals surface area contributed by atoms with Gasteiger partial charge in [0.2, 0.25) is 5.69 Å². The van der Waals surface area contributed by atoms with Crippen molar-refractivity contribution in [3.8, 4) is 0 Å². The first-order valence-electron chi connectivity index (χ1n) is 19.4. The Morgan fingerprint density at radius 1 is 0.692 bits per heavy atom. The van der Waals surface area contributed by atoms with Gasteiger partial charge < -0.3 is 4.90 Å². The van der Waals surface area contributed by atoms with Gasteiger partial charge in [-0.15, -0.1) is 0 Å². The Hall–Kier alpha value is -5.21. The monoisotopic (exact) mass is 677 g/mol. The van der Waals surface area contributed by atoms with E-state index in [0.717, 1.165) is 19.3 Å². The molecule has 1 spiro atoms. The minimum Gasteiger partial charge on any atom is -0.347 e. The second kappa shape index (κ2) is 13.1. The molecule has 2 aliphatic carbocycles. The quantitative estimate of drug-likeness (QED) is 0.162. The van der Waals surface area contributed by atoms with Crippen LogP contribution in [-0.2, 0) is 17.3 Å². The molecule has 0 bridgehead atoms. The van der Waals surface area contributed by atoms with Crippen molar-refractivity contribution >= 4 is 38.6 Å². The van der Waals surface area contributed by atoms with Crippen molar-refractivity contribution in [1.82, 2.24) is 0 Å². The van der Waals surface area contributed by atoms with Gasteiger partial charge in [0.15, 0.2) is 5.71 Å². The fraction of sp³-hybridized carbons (Fsp3) is 0.260. The Labute approximate surface area is 309 Å². The van der Waals surface area contributed by atoms with Crippen LogP contribution in [0, 0.1) is 0 Å². The fourth-order valence-corrected chi connectivity index (χ4v) is 10.2. The topological polar surface area (TPSA) is 6.25 Å². The van der Waals surface area contributed by atoms with E-state index in [-0.39, 0.29) is 10.8 Å². The number of benzene rings is 5. The van der Waals surface area contributed by atoms with Crippen LogP contribution in [0.2, 0.25) is 0 Å². The SMILES string of the molecule is CN1/C(=C/C=C/C2=CC(=C/C=C/C3=[N+](C)c4ccc5ccccc5c4C3(C)Cc3ccccc3)/CC2)C2(CCCCC2)c2c1ccc1ccccc21. The molecule has 0 radical (unpaired) electrons. The highest BCUT2D eigenvalue weighted by molar-refractivity contribution is 6.08. The van der Waals surface area contributed by atoms with Crippen molar-refractivity contribution < 1.29 is 4.58 Å². The molecule has 9 rings (SSSR count). The molecule has 0 aromatic heterocycles. The van der Waals surface area contributed by atoms with E-state index in [4.69, 9.17) is 0 Å². The zero-order valence-corrected chi connectivity index (χ0v) is 30.9. The number of likely N-dealkylation sites (N-methyl/N-ethyl adjacent to an activating group) is 1. The lowest BCUT2D eigenvalue weighted by atomic mass is 9.67. The summed E-state index contributed by atoms with van der Waals surface area (Å²) in [5.74, 6) is 0. The number of fused-ring (bicyclic) bond motifs is 7. The van der Waals surface area contributed by atoms with Gasteiger partial charge in [0.1, 0.15) is 7.05 Å². The molecule has 1 atom stereocenters. The summed E-state index contributed by atoms with van der Waals surface area (Å²) >= 11 is 0. The maximum atomic E-state index is 2.49. The molecule has 2 heteroatoms. The molecule has 1 saturated carbocycles. The molecule has 2 heterocycles. The Bertz CT molecular complexity index is 2390. The molecule has 4 aliphatic rings. The van der Waals surface area contributed by atoms with E-state index >= 15 is 0 Å². The first-order valence-corrected chi connectivity index (χ1v) is 19.4. The van der Waals surface area contributed by atoms with E-state index in [0.29, 0.717) is 0 Å². The van der Waals surface area contributed by atoms with Gasteiger partial charge in [0.05, 0.1) is 5.41 Å². The number of rotatable bonds is 6. The molecular formula is C50H49N2+. The molecule has 5 aromatic carbocycles. The fourth-order valence-electron chi connectivity index (χ4n) is 10.2. The summed E-state index contributed by atoms with van der Waals surface area (Å²) in [6.45, 7) is 2.44. The largest absolute Gasteiger partial charge is 0.347 e. The number of allylic oxidation sites excluding steroid dienone is 10. The van der Waals surface area contributed by atoms with E-state index < -0.39 is 0 Å². The zero-order valence-electron chi connectivity index (χ0n) is 30.9. The van der Waals surface area contributed by atoms with Gasteiger partial charge in [-0.1, -0.05) is 135 Å². The van der Waals surface area contributed by atoms with Gasteiger partial charge in [-0.25, -0.2) is 0 Å². The highest BCUT2D eigenvalue weighted by atomic mass is 15.2. The van der Waals surface area contributed by atoms with Crippen LogP contribution in [0.1, 0.15) is 68.6 Å². The smallest absolute Gasteiger partial charge is 0.210 e. The number of hydrogen-bond donors (Lipinski definition) is 0. The van der Waals surface area contributed by atoms with Crippen LogP contribution < -0.4 is 4.90 Å². The lowest BCUT2D eigenvalue weighted by molar-refractivity contribution is -0.401. The summed E-state index contributed by atoms with van der Waals surface area (Å²) in [5.41, 5.74) is 12.7. The van der Waals surface area contributed by atoms with Crippen molar-refractivity contribution in [1.29, 1.82) is 0 Å². The highest BCUT2D eigenvalue weighted by Gasteiger charge is 2.48. The predicted octanol–water partition coefficient (Wildman–Crippen LogP) is 12.2. The maximum Gasteiger partial charge on any atom is 0.210 e. The minimum absolute atomic E-state index is 0.111. The molecule has 2 nitrogen and oxygen atoms in total. The summed E-state index contributed by atoms with van der Waals surface area (Å²) in [6, 6.07) is 38.1. The Morgan fingerprint density at radius 3 is 2.13 bits per heavy atom. The molecule has 1 unspecified atom stereocenters. The molecule has 258 valence electrons. The van der Waals surface area contributed by atoms with E-state index in [1.54, 1.807) is 5.56 Å². The lowest BCUT2D eigenvalue weighted by Gasteiger charge is -2.36. The summed E-state index contributed by atoms with van der Waals surface area (Å²) in [4.78, 5) is 2.49. The van der Waals surface area contributed by atoms with Gasteiger partial charge in [0, 0.05) is 41.6 Å². The number of nitrogens with zero attached hydrogens (tertiary/aromatic N) is 2. The minimum atomic E-state index is -0.150. The molecule has 52 heavy (non-hydrogen) atoms. The van der Waals surface area contributed by atoms with Crippen molar-refractivity contribution in [3.63, 3.8) is 0 Å². The van der Waals surface area contributed by atoms with Gasteiger partial charge in [-0.2, -0.15) is 4.58 Å². The Morgan fingerprint density at radius 2 is 1.37 bits per heavy atom. The van der Waals surface area contributed by atoms with Crippen LogP contribution >= 0.6 is 0 Å². The zero-order chi connectivity index (χ0) is 35.3. The van der Waals surface area contributed by atoms with E-state index in [1.165, 1.54) is 98.7 Å². The second-order valence-corrected chi connectivity index (χ2v) is 15.7. The van der Waals surface area contributed by atoms with E-state index in [1.807, 2.05) is 0 Å². The highest BCUT2D eigenvalue weighted by Crippen LogP contribution is 2.57. The third-order valence-corrected chi connectivity index (χ3v) is 12.7. The molecule has 5 aromatic rings. The molecule has 0 N–H and O–H groups in total. The molecule has 0 saturated heterocycles. The van der Waals surface area contributed by atoms with E-state index in [2.05, 4.69) is 176 Å². The number of anilines is 1. The third-order valence-electron chi connectivity index (χ3n) is 12.7. The number of hydrogen-bond acceptors (Lipinski definition) is 1. The van der Waals surface area contributed by atoms with E-state index in [9.17, 15) is 0 Å². The summed E-state index contributed by atoms with van der Waals surface area (Å²) in [7, 11) is 4.52. The van der Waals surface area contributed by atoms with Gasteiger partial charge in [0.25, 0.3) is 0 Å². The maximum absolute atomic E-state index is 2.49. The first-order chi connectivity index (χ1) is 25.5. The van der Waals surface area contributed by atoms with Crippen molar-refractivity contribution in [2.45, 2.75) is 69.1 Å². The molecule has 2 aliphatic heterocycles. The second-order valence-electron chi connectivity index (χ2n) is 15.7. The van der Waals surface area contributed by atoms with Crippen LogP contribution in [0.4, 0.5) is 11.4 Å². The summed E-state index contributed by atoms with van der Waals surface area (Å²) in [5, 5.41) is 5.45. The van der Waals surface area contributed by atoms with Crippen LogP contribution in [0.5, 0.6) is 0 Å². The van der Waals surface area contributed by atoms with Gasteiger partial charge >= 0.3 is 0 Å². The first kappa shape index (κ1) is 32.7. The molecule has 0 amide bonds. The van der Waals surface area contributed by atoms with Crippen molar-refractivity contribution in [3.05, 3.63) is 179 Å². The van der Waals surface area contributed by atoms with Crippen LogP contribution in [-0.4, -0.2) is 24.4 Å². The van der Waals surface area contributed by atoms with Crippen molar-refractivity contribution in [2.75, 3.05) is 19.0 Å². The van der Waals surface area contributed by atoms with Crippen LogP contribution in [0.25, 0.3) is 21.5 Å². The summed E-state index contributed by atoms with van der Waals surface area (Å²) < 4.78 is 2.42. The average molecular weight is 678 g/mol. The van der Waals surface area contributed by atoms with Gasteiger partial charge in [-0.05, 0) is 101 Å². The third kappa shape index (κ3) is 5.34. The lowest BCUT2D eigenvalue weighted by Crippen LogP contribution is -2.33. The summed E-state index contributed by atoms with van der Waals surface area (Å²) in [6.07, 6.45) is 26.1. The Kier molecular flexibility index (Phi) is 8.22. The van der Waals surface area contributed by atoms with Crippen LogP contribution in [0.15, 0.2) is 163 Å².